The maximum absolute atomic E-state index is 12.0. The highest BCUT2D eigenvalue weighted by molar-refractivity contribution is 5.93. The lowest BCUT2D eigenvalue weighted by Gasteiger charge is -2.17. The van der Waals surface area contributed by atoms with E-state index in [2.05, 4.69) is 13.8 Å². The fourth-order valence-electron chi connectivity index (χ4n) is 3.70. The minimum absolute atomic E-state index is 0.336. The van der Waals surface area contributed by atoms with E-state index in [1.54, 1.807) is 6.07 Å². The first kappa shape index (κ1) is 24.6. The summed E-state index contributed by atoms with van der Waals surface area (Å²) < 4.78 is 6.09. The molecule has 0 saturated carbocycles. The molecule has 0 unspecified atom stereocenters. The molecule has 0 heterocycles. The van der Waals surface area contributed by atoms with Gasteiger partial charge in [-0.1, -0.05) is 82.7 Å². The third-order valence-electron chi connectivity index (χ3n) is 5.55. The molecule has 0 spiro atoms. The molecule has 0 saturated heterocycles. The summed E-state index contributed by atoms with van der Waals surface area (Å²) in [5, 5.41) is 9.81. The second-order valence-corrected chi connectivity index (χ2v) is 8.07. The van der Waals surface area contributed by atoms with Crippen molar-refractivity contribution in [2.45, 2.75) is 78.6 Å². The molecule has 0 fully saturated rings. The van der Waals surface area contributed by atoms with E-state index in [0.29, 0.717) is 17.9 Å². The van der Waals surface area contributed by atoms with Crippen molar-refractivity contribution in [2.24, 2.45) is 4.99 Å². The summed E-state index contributed by atoms with van der Waals surface area (Å²) in [4.78, 5) is 16.7. The molecule has 2 aromatic carbocycles. The summed E-state index contributed by atoms with van der Waals surface area (Å²) in [6.07, 6.45) is 11.6. The third-order valence-corrected chi connectivity index (χ3v) is 5.55. The van der Waals surface area contributed by atoms with Gasteiger partial charge in [0.05, 0.1) is 12.2 Å². The van der Waals surface area contributed by atoms with Gasteiger partial charge in [-0.15, -0.1) is 0 Å². The molecule has 0 aliphatic rings. The summed E-state index contributed by atoms with van der Waals surface area (Å²) in [7, 11) is 0. The first-order chi connectivity index (χ1) is 15.1. The number of carboxylic acid groups (broad SMARTS) is 1. The normalized spacial score (nSPS) is 11.2. The summed E-state index contributed by atoms with van der Waals surface area (Å²) in [6, 6.07) is 11.6. The van der Waals surface area contributed by atoms with Crippen LogP contribution in [0.5, 0.6) is 5.75 Å². The molecule has 4 nitrogen and oxygen atoms in total. The number of nitrogens with zero attached hydrogens (tertiary/aromatic N) is 1. The van der Waals surface area contributed by atoms with Crippen LogP contribution in [-0.2, 0) is 6.42 Å². The van der Waals surface area contributed by atoms with Crippen LogP contribution >= 0.6 is 0 Å². The van der Waals surface area contributed by atoms with Gasteiger partial charge in [0, 0.05) is 6.21 Å². The molecule has 31 heavy (non-hydrogen) atoms. The van der Waals surface area contributed by atoms with E-state index >= 15 is 0 Å². The third kappa shape index (κ3) is 7.86. The van der Waals surface area contributed by atoms with Crippen LogP contribution in [0.1, 0.15) is 92.3 Å². The van der Waals surface area contributed by atoms with Crippen LogP contribution in [-0.4, -0.2) is 23.9 Å². The van der Waals surface area contributed by atoms with Crippen LogP contribution in [0.2, 0.25) is 0 Å². The summed E-state index contributed by atoms with van der Waals surface area (Å²) in [5.74, 6) is -0.340. The number of unbranched alkanes of at least 4 members (excludes halogenated alkanes) is 6. The highest BCUT2D eigenvalue weighted by Crippen LogP contribution is 2.37. The molecule has 2 aromatic rings. The Morgan fingerprint density at radius 3 is 2.35 bits per heavy atom. The molecule has 0 aromatic heterocycles. The Kier molecular flexibility index (Phi) is 10.8. The first-order valence-corrected chi connectivity index (χ1v) is 11.7. The Morgan fingerprint density at radius 1 is 1.00 bits per heavy atom. The minimum Gasteiger partial charge on any atom is -0.491 e. The number of aromatic carboxylic acids is 1. The van der Waals surface area contributed by atoms with Crippen LogP contribution in [0.3, 0.4) is 0 Å². The van der Waals surface area contributed by atoms with Gasteiger partial charge in [-0.2, -0.15) is 0 Å². The van der Waals surface area contributed by atoms with Crippen LogP contribution in [0, 0.1) is 6.92 Å². The van der Waals surface area contributed by atoms with Crippen molar-refractivity contribution < 1.29 is 14.6 Å². The molecule has 0 aliphatic heterocycles. The molecular formula is C27H37NO3. The Bertz CT molecular complexity index is 843. The van der Waals surface area contributed by atoms with Gasteiger partial charge in [0.15, 0.2) is 0 Å². The van der Waals surface area contributed by atoms with Crippen LogP contribution < -0.4 is 4.74 Å². The second-order valence-electron chi connectivity index (χ2n) is 8.07. The number of benzene rings is 2. The molecule has 0 amide bonds. The molecule has 0 bridgehead atoms. The number of ether oxygens (including phenoxy) is 1. The predicted molar refractivity (Wildman–Crippen MR) is 129 cm³/mol. The molecule has 4 heteroatoms. The molecule has 2 rings (SSSR count). The largest absolute Gasteiger partial charge is 0.491 e. The lowest BCUT2D eigenvalue weighted by atomic mass is 9.95. The molecular weight excluding hydrogens is 386 g/mol. The lowest BCUT2D eigenvalue weighted by molar-refractivity contribution is 0.0695. The van der Waals surface area contributed by atoms with E-state index < -0.39 is 5.97 Å². The molecule has 168 valence electrons. The highest BCUT2D eigenvalue weighted by Gasteiger charge is 2.19. The van der Waals surface area contributed by atoms with Gasteiger partial charge in [0.2, 0.25) is 0 Å². The Labute approximate surface area is 187 Å². The zero-order chi connectivity index (χ0) is 22.5. The van der Waals surface area contributed by atoms with E-state index in [9.17, 15) is 9.90 Å². The predicted octanol–water partition coefficient (Wildman–Crippen LogP) is 7.53. The molecule has 0 atom stereocenters. The minimum atomic E-state index is -0.905. The average molecular weight is 424 g/mol. The monoisotopic (exact) mass is 423 g/mol. The van der Waals surface area contributed by atoms with Gasteiger partial charge < -0.3 is 9.84 Å². The zero-order valence-electron chi connectivity index (χ0n) is 19.3. The van der Waals surface area contributed by atoms with Gasteiger partial charge in [0.1, 0.15) is 11.4 Å². The van der Waals surface area contributed by atoms with Crippen molar-refractivity contribution in [3.63, 3.8) is 0 Å². The van der Waals surface area contributed by atoms with Gasteiger partial charge >= 0.3 is 5.97 Å². The summed E-state index contributed by atoms with van der Waals surface area (Å²) in [6.45, 7) is 6.87. The standard InChI is InChI=1S/C27H37NO3/c1-4-6-8-9-10-14-18-31-25-19-24(27(29)30)23(17-7-5-2)21(3)26(25)28-20-22-15-12-11-13-16-22/h11-13,15-16,19-20H,4-10,14,17-18H2,1-3H3,(H,29,30). The highest BCUT2D eigenvalue weighted by atomic mass is 16.5. The Hall–Kier alpha value is -2.62. The van der Waals surface area contributed by atoms with Gasteiger partial charge in [-0.25, -0.2) is 4.79 Å². The van der Waals surface area contributed by atoms with E-state index in [1.807, 2.05) is 43.5 Å². The number of carbonyl (C=O) groups is 1. The van der Waals surface area contributed by atoms with Crippen molar-refractivity contribution in [1.82, 2.24) is 0 Å². The van der Waals surface area contributed by atoms with Gasteiger partial charge in [-0.3, -0.25) is 4.99 Å². The number of carboxylic acids is 1. The SMILES string of the molecule is CCCCCCCCOc1cc(C(=O)O)c(CCCC)c(C)c1N=Cc1ccccc1. The van der Waals surface area contributed by atoms with E-state index in [-0.39, 0.29) is 0 Å². The number of rotatable bonds is 14. The number of aliphatic imine (C=N–C) groups is 1. The average Bonchev–Trinajstić information content (AvgIpc) is 2.77. The molecule has 0 aliphatic carbocycles. The van der Waals surface area contributed by atoms with Gasteiger partial charge in [0.25, 0.3) is 0 Å². The first-order valence-electron chi connectivity index (χ1n) is 11.7. The molecule has 0 radical (unpaired) electrons. The fraction of sp³-hybridized carbons (Fsp3) is 0.481. The lowest BCUT2D eigenvalue weighted by Crippen LogP contribution is -2.08. The van der Waals surface area contributed by atoms with Crippen molar-refractivity contribution in [1.29, 1.82) is 0 Å². The number of hydrogen-bond donors (Lipinski definition) is 1. The topological polar surface area (TPSA) is 58.9 Å². The Morgan fingerprint density at radius 2 is 1.68 bits per heavy atom. The molecule has 1 N–H and O–H groups in total. The van der Waals surface area contributed by atoms with Crippen LogP contribution in [0.15, 0.2) is 41.4 Å². The maximum Gasteiger partial charge on any atom is 0.336 e. The summed E-state index contributed by atoms with van der Waals surface area (Å²) >= 11 is 0. The maximum atomic E-state index is 12.0. The van der Waals surface area contributed by atoms with Crippen molar-refractivity contribution in [3.8, 4) is 5.75 Å². The van der Waals surface area contributed by atoms with Crippen molar-refractivity contribution >= 4 is 17.9 Å². The number of hydrogen-bond acceptors (Lipinski definition) is 3. The summed E-state index contributed by atoms with van der Waals surface area (Å²) in [5.41, 5.74) is 3.84. The quantitative estimate of drug-likeness (QED) is 0.252. The second kappa shape index (κ2) is 13.6. The van der Waals surface area contributed by atoms with Crippen molar-refractivity contribution in [3.05, 3.63) is 58.7 Å². The Balaban J connectivity index is 2.29. The zero-order valence-corrected chi connectivity index (χ0v) is 19.3. The van der Waals surface area contributed by atoms with E-state index in [1.165, 1.54) is 25.7 Å². The smallest absolute Gasteiger partial charge is 0.336 e. The van der Waals surface area contributed by atoms with Gasteiger partial charge in [-0.05, 0) is 48.9 Å². The fourth-order valence-corrected chi connectivity index (χ4v) is 3.70. The van der Waals surface area contributed by atoms with E-state index in [4.69, 9.17) is 9.73 Å². The van der Waals surface area contributed by atoms with Crippen LogP contribution in [0.4, 0.5) is 5.69 Å². The van der Waals surface area contributed by atoms with E-state index in [0.717, 1.165) is 54.5 Å². The van der Waals surface area contributed by atoms with Crippen molar-refractivity contribution in [2.75, 3.05) is 6.61 Å². The van der Waals surface area contributed by atoms with Crippen LogP contribution in [0.25, 0.3) is 0 Å².